The van der Waals surface area contributed by atoms with Crippen molar-refractivity contribution in [2.45, 2.75) is 39.8 Å². The summed E-state index contributed by atoms with van der Waals surface area (Å²) in [4.78, 5) is 19.8. The minimum atomic E-state index is -0.661. The number of aryl methyl sites for hydroxylation is 1. The Bertz CT molecular complexity index is 896. The first-order chi connectivity index (χ1) is 13.3. The molecule has 0 aromatic heterocycles. The van der Waals surface area contributed by atoms with Gasteiger partial charge >= 0.3 is 0 Å². The molecule has 6 heteroatoms. The van der Waals surface area contributed by atoms with Crippen molar-refractivity contribution in [2.75, 3.05) is 6.54 Å². The van der Waals surface area contributed by atoms with Crippen molar-refractivity contribution < 1.29 is 18.4 Å². The molecule has 1 amide bonds. The van der Waals surface area contributed by atoms with Gasteiger partial charge in [-0.25, -0.2) is 8.78 Å². The summed E-state index contributed by atoms with van der Waals surface area (Å²) >= 11 is 0. The molecule has 0 radical (unpaired) electrons. The van der Waals surface area contributed by atoms with Crippen LogP contribution in [0, 0.1) is 24.5 Å². The first-order valence-electron chi connectivity index (χ1n) is 9.36. The van der Waals surface area contributed by atoms with Crippen molar-refractivity contribution in [3.63, 3.8) is 0 Å². The van der Waals surface area contributed by atoms with E-state index < -0.39 is 11.6 Å². The van der Waals surface area contributed by atoms with Crippen LogP contribution in [0.5, 0.6) is 0 Å². The second kappa shape index (κ2) is 8.50. The lowest BCUT2D eigenvalue weighted by atomic mass is 10.00. The standard InChI is InChI=1S/C22H24F2N2O2/c1-14(2)22(27)26(12-16-8-9-17(23)10-20(16)24)13-18-11-21(25-28-18)19-7-5-4-6-15(19)3/h4-10,14,18H,11-13H2,1-3H3/t18-/m1/s1. The van der Waals surface area contributed by atoms with Crippen molar-refractivity contribution in [2.24, 2.45) is 11.1 Å². The van der Waals surface area contributed by atoms with Gasteiger partial charge in [-0.2, -0.15) is 0 Å². The Morgan fingerprint density at radius 3 is 2.68 bits per heavy atom. The number of rotatable bonds is 6. The third-order valence-electron chi connectivity index (χ3n) is 4.79. The van der Waals surface area contributed by atoms with Crippen LogP contribution in [0.4, 0.5) is 8.78 Å². The Balaban J connectivity index is 1.72. The number of hydrogen-bond acceptors (Lipinski definition) is 3. The molecule has 0 fully saturated rings. The predicted molar refractivity (Wildman–Crippen MR) is 104 cm³/mol. The first kappa shape index (κ1) is 20.0. The molecule has 1 heterocycles. The van der Waals surface area contributed by atoms with Crippen molar-refractivity contribution in [1.29, 1.82) is 0 Å². The zero-order chi connectivity index (χ0) is 20.3. The minimum absolute atomic E-state index is 0.0582. The van der Waals surface area contributed by atoms with Gasteiger partial charge in [-0.1, -0.05) is 49.3 Å². The van der Waals surface area contributed by atoms with Gasteiger partial charge in [-0.15, -0.1) is 0 Å². The molecule has 0 unspecified atom stereocenters. The predicted octanol–water partition coefficient (Wildman–Crippen LogP) is 4.45. The lowest BCUT2D eigenvalue weighted by Crippen LogP contribution is -2.39. The van der Waals surface area contributed by atoms with E-state index in [2.05, 4.69) is 5.16 Å². The second-order valence-corrected chi connectivity index (χ2v) is 7.39. The quantitative estimate of drug-likeness (QED) is 0.736. The summed E-state index contributed by atoms with van der Waals surface area (Å²) in [5.74, 6) is -1.66. The summed E-state index contributed by atoms with van der Waals surface area (Å²) in [5.41, 5.74) is 3.24. The van der Waals surface area contributed by atoms with Crippen LogP contribution in [0.1, 0.15) is 37.0 Å². The average Bonchev–Trinajstić information content (AvgIpc) is 3.11. The van der Waals surface area contributed by atoms with Gasteiger partial charge in [-0.3, -0.25) is 4.79 Å². The van der Waals surface area contributed by atoms with Crippen LogP contribution < -0.4 is 0 Å². The average molecular weight is 386 g/mol. The first-order valence-corrected chi connectivity index (χ1v) is 9.36. The fourth-order valence-electron chi connectivity index (χ4n) is 3.28. The molecule has 148 valence electrons. The minimum Gasteiger partial charge on any atom is -0.390 e. The van der Waals surface area contributed by atoms with Crippen LogP contribution in [-0.4, -0.2) is 29.2 Å². The number of nitrogens with zero attached hydrogens (tertiary/aromatic N) is 2. The zero-order valence-electron chi connectivity index (χ0n) is 16.3. The topological polar surface area (TPSA) is 41.9 Å². The highest BCUT2D eigenvalue weighted by Gasteiger charge is 2.28. The Labute approximate surface area is 163 Å². The van der Waals surface area contributed by atoms with Gasteiger partial charge in [0, 0.05) is 36.1 Å². The summed E-state index contributed by atoms with van der Waals surface area (Å²) in [5, 5.41) is 4.20. The molecule has 0 N–H and O–H groups in total. The number of carbonyl (C=O) groups is 1. The molecule has 2 aromatic carbocycles. The van der Waals surface area contributed by atoms with E-state index in [-0.39, 0.29) is 36.6 Å². The molecule has 28 heavy (non-hydrogen) atoms. The number of amides is 1. The Morgan fingerprint density at radius 2 is 2.00 bits per heavy atom. The van der Waals surface area contributed by atoms with E-state index in [9.17, 15) is 13.6 Å². The van der Waals surface area contributed by atoms with Crippen LogP contribution in [0.15, 0.2) is 47.6 Å². The lowest BCUT2D eigenvalue weighted by molar-refractivity contribution is -0.137. The third kappa shape index (κ3) is 4.55. The molecule has 1 aliphatic rings. The zero-order valence-corrected chi connectivity index (χ0v) is 16.3. The van der Waals surface area contributed by atoms with Crippen LogP contribution in [0.25, 0.3) is 0 Å². The van der Waals surface area contributed by atoms with Crippen LogP contribution in [0.3, 0.4) is 0 Å². The Hall–Kier alpha value is -2.76. The molecule has 0 spiro atoms. The van der Waals surface area contributed by atoms with Crippen LogP contribution >= 0.6 is 0 Å². The SMILES string of the molecule is Cc1ccccc1C1=NO[C@@H](CN(Cc2ccc(F)cc2F)C(=O)C(C)C)C1. The molecule has 0 aliphatic carbocycles. The highest BCUT2D eigenvalue weighted by molar-refractivity contribution is 6.02. The molecule has 2 aromatic rings. The number of oxime groups is 1. The normalized spacial score (nSPS) is 16.1. The smallest absolute Gasteiger partial charge is 0.225 e. The van der Waals surface area contributed by atoms with E-state index in [1.54, 1.807) is 18.7 Å². The molecular weight excluding hydrogens is 362 g/mol. The maximum absolute atomic E-state index is 14.1. The van der Waals surface area contributed by atoms with Gasteiger partial charge in [-0.05, 0) is 18.6 Å². The number of benzene rings is 2. The molecular formula is C22H24F2N2O2. The number of halogens is 2. The van der Waals surface area contributed by atoms with Gasteiger partial charge < -0.3 is 9.74 Å². The van der Waals surface area contributed by atoms with Gasteiger partial charge in [0.1, 0.15) is 11.6 Å². The maximum atomic E-state index is 14.1. The number of hydrogen-bond donors (Lipinski definition) is 0. The third-order valence-corrected chi connectivity index (χ3v) is 4.79. The van der Waals surface area contributed by atoms with Gasteiger partial charge in [0.15, 0.2) is 6.10 Å². The largest absolute Gasteiger partial charge is 0.390 e. The summed E-state index contributed by atoms with van der Waals surface area (Å²) in [7, 11) is 0. The second-order valence-electron chi connectivity index (χ2n) is 7.39. The fraction of sp³-hybridized carbons (Fsp3) is 0.364. The van der Waals surface area contributed by atoms with Crippen LogP contribution in [-0.2, 0) is 16.2 Å². The molecule has 0 saturated heterocycles. The molecule has 1 aliphatic heterocycles. The lowest BCUT2D eigenvalue weighted by Gasteiger charge is -2.26. The Kier molecular flexibility index (Phi) is 6.07. The molecule has 4 nitrogen and oxygen atoms in total. The molecule has 3 rings (SSSR count). The highest BCUT2D eigenvalue weighted by Crippen LogP contribution is 2.22. The van der Waals surface area contributed by atoms with E-state index in [1.807, 2.05) is 31.2 Å². The monoisotopic (exact) mass is 386 g/mol. The van der Waals surface area contributed by atoms with Crippen molar-refractivity contribution in [3.05, 3.63) is 70.8 Å². The van der Waals surface area contributed by atoms with E-state index in [0.717, 1.165) is 22.9 Å². The summed E-state index contributed by atoms with van der Waals surface area (Å²) in [6.07, 6.45) is 0.263. The molecule has 0 bridgehead atoms. The van der Waals surface area contributed by atoms with E-state index >= 15 is 0 Å². The van der Waals surface area contributed by atoms with Crippen LogP contribution in [0.2, 0.25) is 0 Å². The van der Waals surface area contributed by atoms with E-state index in [1.165, 1.54) is 12.1 Å². The number of carbonyl (C=O) groups excluding carboxylic acids is 1. The Morgan fingerprint density at radius 1 is 1.25 bits per heavy atom. The fourth-order valence-corrected chi connectivity index (χ4v) is 3.28. The molecule has 0 saturated carbocycles. The van der Waals surface area contributed by atoms with E-state index in [0.29, 0.717) is 6.42 Å². The molecule has 1 atom stereocenters. The van der Waals surface area contributed by atoms with E-state index in [4.69, 9.17) is 4.84 Å². The van der Waals surface area contributed by atoms with Crippen molar-refractivity contribution in [3.8, 4) is 0 Å². The van der Waals surface area contributed by atoms with Gasteiger partial charge in [0.25, 0.3) is 0 Å². The highest BCUT2D eigenvalue weighted by atomic mass is 19.1. The summed E-state index contributed by atoms with van der Waals surface area (Å²) in [6.45, 7) is 5.94. The maximum Gasteiger partial charge on any atom is 0.225 e. The van der Waals surface area contributed by atoms with Gasteiger partial charge in [0.2, 0.25) is 5.91 Å². The van der Waals surface area contributed by atoms with Crippen molar-refractivity contribution >= 4 is 11.6 Å². The van der Waals surface area contributed by atoms with Crippen molar-refractivity contribution in [1.82, 2.24) is 4.90 Å². The summed E-state index contributed by atoms with van der Waals surface area (Å²) < 4.78 is 27.3. The summed E-state index contributed by atoms with van der Waals surface area (Å²) in [6, 6.07) is 11.3. The van der Waals surface area contributed by atoms with Gasteiger partial charge in [0.05, 0.1) is 12.3 Å².